The zero-order valence-electron chi connectivity index (χ0n) is 17.0. The van der Waals surface area contributed by atoms with Crippen LogP contribution in [0.5, 0.6) is 11.5 Å². The summed E-state index contributed by atoms with van der Waals surface area (Å²) in [6.45, 7) is 4.49. The van der Waals surface area contributed by atoms with E-state index in [0.717, 1.165) is 12.0 Å². The molecular weight excluding hydrogens is 374 g/mol. The molecule has 0 fully saturated rings. The van der Waals surface area contributed by atoms with E-state index in [-0.39, 0.29) is 11.9 Å². The quantitative estimate of drug-likeness (QED) is 0.540. The second-order valence-corrected chi connectivity index (χ2v) is 6.56. The molecule has 0 spiro atoms. The molecule has 1 unspecified atom stereocenters. The number of methoxy groups -OCH3 is 2. The summed E-state index contributed by atoms with van der Waals surface area (Å²) in [5.74, 6) is 2.29. The van der Waals surface area contributed by atoms with Crippen molar-refractivity contribution in [3.8, 4) is 22.9 Å². The molecule has 0 radical (unpaired) electrons. The van der Waals surface area contributed by atoms with Crippen LogP contribution in [-0.4, -0.2) is 47.8 Å². The number of benzene rings is 1. The molecular formula is C21H25N3O5. The van der Waals surface area contributed by atoms with Gasteiger partial charge in [0, 0.05) is 24.6 Å². The lowest BCUT2D eigenvalue weighted by molar-refractivity contribution is 0.0654. The summed E-state index contributed by atoms with van der Waals surface area (Å²) in [4.78, 5) is 18.9. The van der Waals surface area contributed by atoms with Gasteiger partial charge < -0.3 is 23.3 Å². The van der Waals surface area contributed by atoms with Crippen LogP contribution in [-0.2, 0) is 6.42 Å². The minimum atomic E-state index is -0.149. The lowest BCUT2D eigenvalue weighted by Crippen LogP contribution is -2.39. The maximum Gasteiger partial charge on any atom is 0.289 e. The third kappa shape index (κ3) is 4.59. The van der Waals surface area contributed by atoms with Crippen LogP contribution in [0.1, 0.15) is 36.7 Å². The SMILES string of the molecule is CCC(C)N(CCc1nc(-c2ccc(OC)c(OC)c2)no1)C(=O)c1ccco1. The average molecular weight is 399 g/mol. The van der Waals surface area contributed by atoms with E-state index in [0.29, 0.717) is 41.9 Å². The van der Waals surface area contributed by atoms with Gasteiger partial charge in [-0.05, 0) is 43.7 Å². The van der Waals surface area contributed by atoms with E-state index in [9.17, 15) is 4.79 Å². The van der Waals surface area contributed by atoms with Gasteiger partial charge in [0.2, 0.25) is 11.7 Å². The van der Waals surface area contributed by atoms with Gasteiger partial charge in [-0.3, -0.25) is 4.79 Å². The lowest BCUT2D eigenvalue weighted by atomic mass is 10.2. The summed E-state index contributed by atoms with van der Waals surface area (Å²) < 4.78 is 21.2. The van der Waals surface area contributed by atoms with Crippen LogP contribution in [0.4, 0.5) is 0 Å². The van der Waals surface area contributed by atoms with Crippen molar-refractivity contribution in [3.05, 3.63) is 48.2 Å². The number of carbonyl (C=O) groups excluding carboxylic acids is 1. The first kappa shape index (κ1) is 20.4. The third-order valence-electron chi connectivity index (χ3n) is 4.79. The Bertz CT molecular complexity index is 936. The van der Waals surface area contributed by atoms with Crippen LogP contribution < -0.4 is 9.47 Å². The molecule has 154 valence electrons. The number of rotatable bonds is 9. The summed E-state index contributed by atoms with van der Waals surface area (Å²) in [5, 5.41) is 4.05. The molecule has 8 heteroatoms. The number of nitrogens with zero attached hydrogens (tertiary/aromatic N) is 3. The van der Waals surface area contributed by atoms with Gasteiger partial charge in [-0.2, -0.15) is 4.98 Å². The molecule has 0 aliphatic rings. The Hall–Kier alpha value is -3.29. The van der Waals surface area contributed by atoms with E-state index in [1.807, 2.05) is 19.9 Å². The smallest absolute Gasteiger partial charge is 0.289 e. The highest BCUT2D eigenvalue weighted by atomic mass is 16.5. The number of carbonyl (C=O) groups is 1. The number of hydrogen-bond acceptors (Lipinski definition) is 7. The van der Waals surface area contributed by atoms with Crippen molar-refractivity contribution in [2.24, 2.45) is 0 Å². The Kier molecular flexibility index (Phi) is 6.54. The van der Waals surface area contributed by atoms with Crippen molar-refractivity contribution in [1.29, 1.82) is 0 Å². The molecule has 0 saturated heterocycles. The van der Waals surface area contributed by atoms with Crippen molar-refractivity contribution in [3.63, 3.8) is 0 Å². The fraction of sp³-hybridized carbons (Fsp3) is 0.381. The van der Waals surface area contributed by atoms with Gasteiger partial charge in [-0.25, -0.2) is 0 Å². The van der Waals surface area contributed by atoms with Crippen LogP contribution in [0.25, 0.3) is 11.4 Å². The maximum atomic E-state index is 12.7. The molecule has 1 amide bonds. The highest BCUT2D eigenvalue weighted by Crippen LogP contribution is 2.31. The Morgan fingerprint density at radius 2 is 2.00 bits per heavy atom. The summed E-state index contributed by atoms with van der Waals surface area (Å²) in [5.41, 5.74) is 0.753. The van der Waals surface area contributed by atoms with Crippen LogP contribution in [0.15, 0.2) is 45.5 Å². The number of aromatic nitrogens is 2. The normalized spacial score (nSPS) is 11.9. The molecule has 29 heavy (non-hydrogen) atoms. The van der Waals surface area contributed by atoms with Crippen molar-refractivity contribution >= 4 is 5.91 Å². The van der Waals surface area contributed by atoms with Crippen LogP contribution in [0.2, 0.25) is 0 Å². The average Bonchev–Trinajstić information content (AvgIpc) is 3.45. The van der Waals surface area contributed by atoms with E-state index in [1.54, 1.807) is 43.4 Å². The monoisotopic (exact) mass is 399 g/mol. The highest BCUT2D eigenvalue weighted by Gasteiger charge is 2.23. The molecule has 0 aliphatic carbocycles. The van der Waals surface area contributed by atoms with Gasteiger partial charge in [0.25, 0.3) is 5.91 Å². The predicted molar refractivity (Wildman–Crippen MR) is 106 cm³/mol. The lowest BCUT2D eigenvalue weighted by Gasteiger charge is -2.27. The molecule has 0 saturated carbocycles. The number of hydrogen-bond donors (Lipinski definition) is 0. The molecule has 2 heterocycles. The van der Waals surface area contributed by atoms with Gasteiger partial charge in [-0.1, -0.05) is 12.1 Å². The van der Waals surface area contributed by atoms with Crippen LogP contribution >= 0.6 is 0 Å². The second kappa shape index (κ2) is 9.27. The van der Waals surface area contributed by atoms with E-state index < -0.39 is 0 Å². The second-order valence-electron chi connectivity index (χ2n) is 6.56. The molecule has 1 atom stereocenters. The van der Waals surface area contributed by atoms with E-state index >= 15 is 0 Å². The Morgan fingerprint density at radius 1 is 1.21 bits per heavy atom. The van der Waals surface area contributed by atoms with E-state index in [1.165, 1.54) is 6.26 Å². The van der Waals surface area contributed by atoms with Crippen molar-refractivity contribution in [2.45, 2.75) is 32.7 Å². The zero-order valence-corrected chi connectivity index (χ0v) is 17.0. The number of amides is 1. The van der Waals surface area contributed by atoms with Crippen LogP contribution in [0.3, 0.4) is 0 Å². The fourth-order valence-electron chi connectivity index (χ4n) is 2.95. The Labute approximate surface area is 169 Å². The first-order valence-electron chi connectivity index (χ1n) is 9.46. The third-order valence-corrected chi connectivity index (χ3v) is 4.79. The number of furan rings is 1. The minimum absolute atomic E-state index is 0.0563. The van der Waals surface area contributed by atoms with Crippen molar-refractivity contribution in [2.75, 3.05) is 20.8 Å². The van der Waals surface area contributed by atoms with Crippen LogP contribution in [0, 0.1) is 0 Å². The summed E-state index contributed by atoms with van der Waals surface area (Å²) >= 11 is 0. The molecule has 1 aromatic carbocycles. The first-order chi connectivity index (χ1) is 14.1. The van der Waals surface area contributed by atoms with E-state index in [2.05, 4.69) is 10.1 Å². The standard InChI is InChI=1S/C21H25N3O5/c1-5-14(2)24(21(25)17-7-6-12-28-17)11-10-19-22-20(23-29-19)15-8-9-16(26-3)18(13-15)27-4/h6-9,12-14H,5,10-11H2,1-4H3. The largest absolute Gasteiger partial charge is 0.493 e. The summed E-state index contributed by atoms with van der Waals surface area (Å²) in [7, 11) is 3.15. The molecule has 0 bridgehead atoms. The molecule has 0 N–H and O–H groups in total. The summed E-state index contributed by atoms with van der Waals surface area (Å²) in [6.07, 6.45) is 2.76. The molecule has 0 aliphatic heterocycles. The zero-order chi connectivity index (χ0) is 20.8. The van der Waals surface area contributed by atoms with Crippen molar-refractivity contribution < 1.29 is 23.2 Å². The minimum Gasteiger partial charge on any atom is -0.493 e. The Morgan fingerprint density at radius 3 is 2.66 bits per heavy atom. The van der Waals surface area contributed by atoms with Gasteiger partial charge in [-0.15, -0.1) is 0 Å². The molecule has 3 aromatic rings. The van der Waals surface area contributed by atoms with Gasteiger partial charge in [0.05, 0.1) is 20.5 Å². The van der Waals surface area contributed by atoms with Gasteiger partial charge >= 0.3 is 0 Å². The maximum absolute atomic E-state index is 12.7. The van der Waals surface area contributed by atoms with E-state index in [4.69, 9.17) is 18.4 Å². The predicted octanol–water partition coefficient (Wildman–Crippen LogP) is 3.83. The Balaban J connectivity index is 1.72. The molecule has 3 rings (SSSR count). The fourth-order valence-corrected chi connectivity index (χ4v) is 2.95. The number of ether oxygens (including phenoxy) is 2. The topological polar surface area (TPSA) is 90.8 Å². The van der Waals surface area contributed by atoms with Crippen molar-refractivity contribution in [1.82, 2.24) is 15.0 Å². The molecule has 8 nitrogen and oxygen atoms in total. The van der Waals surface area contributed by atoms with Gasteiger partial charge in [0.15, 0.2) is 17.3 Å². The molecule has 2 aromatic heterocycles. The van der Waals surface area contributed by atoms with Gasteiger partial charge in [0.1, 0.15) is 0 Å². The first-order valence-corrected chi connectivity index (χ1v) is 9.46. The summed E-state index contributed by atoms with van der Waals surface area (Å²) in [6, 6.07) is 8.84. The highest BCUT2D eigenvalue weighted by molar-refractivity contribution is 5.91.